The summed E-state index contributed by atoms with van der Waals surface area (Å²) in [7, 11) is 0. The highest BCUT2D eigenvalue weighted by molar-refractivity contribution is 5.93. The molecule has 0 bridgehead atoms. The van der Waals surface area contributed by atoms with Gasteiger partial charge in [-0.15, -0.1) is 0 Å². The molecular weight excluding hydrogens is 330 g/mol. The average molecular weight is 359 g/mol. The zero-order valence-electron chi connectivity index (χ0n) is 15.4. The van der Waals surface area contributed by atoms with E-state index in [1.54, 1.807) is 6.07 Å². The number of carbonyl (C=O) groups excluding carboxylic acids is 2. The molecular formula is C20H29N3O3. The minimum atomic E-state index is 0.0179. The van der Waals surface area contributed by atoms with Crippen molar-refractivity contribution in [2.75, 3.05) is 19.6 Å². The van der Waals surface area contributed by atoms with Crippen molar-refractivity contribution in [2.45, 2.75) is 63.5 Å². The second-order valence-corrected chi connectivity index (χ2v) is 7.98. The van der Waals surface area contributed by atoms with E-state index in [1.165, 1.54) is 38.2 Å². The quantitative estimate of drug-likeness (QED) is 0.901. The van der Waals surface area contributed by atoms with Crippen molar-refractivity contribution in [2.24, 2.45) is 5.92 Å². The molecule has 3 amide bonds. The van der Waals surface area contributed by atoms with Crippen molar-refractivity contribution in [3.05, 3.63) is 24.2 Å². The summed E-state index contributed by atoms with van der Waals surface area (Å²) in [4.78, 5) is 29.1. The Morgan fingerprint density at radius 3 is 2.46 bits per heavy atom. The van der Waals surface area contributed by atoms with E-state index >= 15 is 0 Å². The van der Waals surface area contributed by atoms with Crippen molar-refractivity contribution >= 4 is 11.9 Å². The lowest BCUT2D eigenvalue weighted by molar-refractivity contribution is 0.0705. The predicted octanol–water partition coefficient (Wildman–Crippen LogP) is 3.25. The smallest absolute Gasteiger partial charge is 0.317 e. The lowest BCUT2D eigenvalue weighted by atomic mass is 9.96. The van der Waals surface area contributed by atoms with E-state index in [0.29, 0.717) is 30.6 Å². The van der Waals surface area contributed by atoms with Gasteiger partial charge in [0, 0.05) is 31.7 Å². The Morgan fingerprint density at radius 1 is 1.00 bits per heavy atom. The second-order valence-electron chi connectivity index (χ2n) is 7.98. The fraction of sp³-hybridized carbons (Fsp3) is 0.700. The third kappa shape index (κ3) is 3.60. The monoisotopic (exact) mass is 359 g/mol. The Labute approximate surface area is 154 Å². The van der Waals surface area contributed by atoms with Crippen LogP contribution < -0.4 is 5.32 Å². The summed E-state index contributed by atoms with van der Waals surface area (Å²) in [5, 5.41) is 3.24. The Bertz CT molecular complexity index is 616. The van der Waals surface area contributed by atoms with Crippen LogP contribution >= 0.6 is 0 Å². The van der Waals surface area contributed by atoms with Crippen molar-refractivity contribution < 1.29 is 14.0 Å². The number of nitrogens with one attached hydrogen (secondary N) is 1. The summed E-state index contributed by atoms with van der Waals surface area (Å²) in [6.45, 7) is 2.26. The molecule has 0 aromatic carbocycles. The molecule has 1 unspecified atom stereocenters. The molecule has 26 heavy (non-hydrogen) atoms. The minimum absolute atomic E-state index is 0.0179. The summed E-state index contributed by atoms with van der Waals surface area (Å²) < 4.78 is 5.00. The number of piperidine rings is 1. The van der Waals surface area contributed by atoms with Gasteiger partial charge in [-0.25, -0.2) is 4.79 Å². The van der Waals surface area contributed by atoms with E-state index in [1.807, 2.05) is 4.90 Å². The molecule has 1 aromatic heterocycles. The largest absolute Gasteiger partial charge is 0.472 e. The summed E-state index contributed by atoms with van der Waals surface area (Å²) in [6, 6.07) is 2.42. The second kappa shape index (κ2) is 7.72. The zero-order chi connectivity index (χ0) is 17.9. The maximum atomic E-state index is 12.8. The molecule has 142 valence electrons. The van der Waals surface area contributed by atoms with Crippen LogP contribution in [-0.4, -0.2) is 53.5 Å². The van der Waals surface area contributed by atoms with Gasteiger partial charge in [0.2, 0.25) is 0 Å². The summed E-state index contributed by atoms with van der Waals surface area (Å²) in [6.07, 6.45) is 12.1. The first-order chi connectivity index (χ1) is 12.7. The number of likely N-dealkylation sites (tertiary alicyclic amines) is 2. The molecule has 6 heteroatoms. The van der Waals surface area contributed by atoms with E-state index in [0.717, 1.165) is 32.2 Å². The lowest BCUT2D eigenvalue weighted by Crippen LogP contribution is -2.52. The number of nitrogens with zero attached hydrogens (tertiary/aromatic N) is 2. The number of hydrogen-bond donors (Lipinski definition) is 1. The van der Waals surface area contributed by atoms with Gasteiger partial charge >= 0.3 is 6.03 Å². The fourth-order valence-electron chi connectivity index (χ4n) is 4.93. The molecule has 6 nitrogen and oxygen atoms in total. The Balaban J connectivity index is 1.27. The predicted molar refractivity (Wildman–Crippen MR) is 97.9 cm³/mol. The molecule has 2 aliphatic heterocycles. The number of hydrogen-bond acceptors (Lipinski definition) is 3. The van der Waals surface area contributed by atoms with Crippen molar-refractivity contribution in [1.29, 1.82) is 0 Å². The highest BCUT2D eigenvalue weighted by Gasteiger charge is 2.36. The van der Waals surface area contributed by atoms with Crippen LogP contribution in [-0.2, 0) is 0 Å². The van der Waals surface area contributed by atoms with Gasteiger partial charge in [-0.2, -0.15) is 0 Å². The molecule has 0 spiro atoms. The number of furan rings is 1. The first-order valence-corrected chi connectivity index (χ1v) is 10.1. The molecule has 2 saturated heterocycles. The van der Waals surface area contributed by atoms with E-state index < -0.39 is 0 Å². The number of urea groups is 1. The summed E-state index contributed by atoms with van der Waals surface area (Å²) >= 11 is 0. The van der Waals surface area contributed by atoms with Gasteiger partial charge < -0.3 is 19.5 Å². The lowest BCUT2D eigenvalue weighted by Gasteiger charge is -2.35. The standard InChI is InChI=1S/C20H29N3O3/c24-19(16-9-13-26-14-16)22-11-7-17(8-12-22)21-20(25)23-10-3-6-18(23)15-4-1-2-5-15/h9,13-15,17-18H,1-8,10-12H2,(H,21,25). The zero-order valence-corrected chi connectivity index (χ0v) is 15.4. The van der Waals surface area contributed by atoms with E-state index in [9.17, 15) is 9.59 Å². The van der Waals surface area contributed by atoms with Crippen molar-refractivity contribution in [3.8, 4) is 0 Å². The van der Waals surface area contributed by atoms with Crippen molar-refractivity contribution in [3.63, 3.8) is 0 Å². The van der Waals surface area contributed by atoms with Crippen LogP contribution in [0, 0.1) is 5.92 Å². The van der Waals surface area contributed by atoms with Crippen LogP contribution in [0.1, 0.15) is 61.7 Å². The van der Waals surface area contributed by atoms with Crippen LogP contribution in [0.4, 0.5) is 4.79 Å². The molecule has 4 rings (SSSR count). The highest BCUT2D eigenvalue weighted by Crippen LogP contribution is 2.35. The molecule has 1 atom stereocenters. The molecule has 0 radical (unpaired) electrons. The molecule has 3 heterocycles. The minimum Gasteiger partial charge on any atom is -0.472 e. The summed E-state index contributed by atoms with van der Waals surface area (Å²) in [5.74, 6) is 0.724. The van der Waals surface area contributed by atoms with E-state index in [-0.39, 0.29) is 18.0 Å². The normalized spacial score (nSPS) is 25.0. The molecule has 1 N–H and O–H groups in total. The van der Waals surface area contributed by atoms with Crippen LogP contribution in [0.3, 0.4) is 0 Å². The van der Waals surface area contributed by atoms with Crippen LogP contribution in [0.2, 0.25) is 0 Å². The number of carbonyl (C=O) groups is 2. The van der Waals surface area contributed by atoms with Crippen molar-refractivity contribution in [1.82, 2.24) is 15.1 Å². The first-order valence-electron chi connectivity index (χ1n) is 10.1. The maximum Gasteiger partial charge on any atom is 0.317 e. The third-order valence-electron chi connectivity index (χ3n) is 6.38. The van der Waals surface area contributed by atoms with Crippen LogP contribution in [0.5, 0.6) is 0 Å². The van der Waals surface area contributed by atoms with Gasteiger partial charge in [0.1, 0.15) is 6.26 Å². The van der Waals surface area contributed by atoms with Gasteiger partial charge in [-0.1, -0.05) is 12.8 Å². The average Bonchev–Trinajstić information content (AvgIpc) is 3.43. The fourth-order valence-corrected chi connectivity index (χ4v) is 4.93. The molecule has 1 aromatic rings. The van der Waals surface area contributed by atoms with Crippen LogP contribution in [0.25, 0.3) is 0 Å². The van der Waals surface area contributed by atoms with Gasteiger partial charge in [0.25, 0.3) is 5.91 Å². The Kier molecular flexibility index (Phi) is 5.18. The van der Waals surface area contributed by atoms with E-state index in [2.05, 4.69) is 10.2 Å². The number of amides is 3. The Hall–Kier alpha value is -1.98. The van der Waals surface area contributed by atoms with Gasteiger partial charge in [-0.3, -0.25) is 4.79 Å². The maximum absolute atomic E-state index is 12.8. The van der Waals surface area contributed by atoms with E-state index in [4.69, 9.17) is 4.42 Å². The summed E-state index contributed by atoms with van der Waals surface area (Å²) in [5.41, 5.74) is 0.601. The molecule has 1 saturated carbocycles. The Morgan fingerprint density at radius 2 is 1.77 bits per heavy atom. The van der Waals surface area contributed by atoms with Gasteiger partial charge in [-0.05, 0) is 50.5 Å². The third-order valence-corrected chi connectivity index (χ3v) is 6.38. The molecule has 3 fully saturated rings. The topological polar surface area (TPSA) is 65.8 Å². The van der Waals surface area contributed by atoms with Gasteiger partial charge in [0.15, 0.2) is 0 Å². The molecule has 3 aliphatic rings. The SMILES string of the molecule is O=C(c1ccoc1)N1CCC(NC(=O)N2CCCC2C2CCCC2)CC1. The van der Waals surface area contributed by atoms with Crippen LogP contribution in [0.15, 0.2) is 23.0 Å². The first kappa shape index (κ1) is 17.4. The molecule has 1 aliphatic carbocycles. The van der Waals surface area contributed by atoms with Gasteiger partial charge in [0.05, 0.1) is 11.8 Å². The highest BCUT2D eigenvalue weighted by atomic mass is 16.3. The number of rotatable bonds is 3.